The van der Waals surface area contributed by atoms with Gasteiger partial charge in [-0.25, -0.2) is 4.98 Å². The molecule has 5 rings (SSSR count). The van der Waals surface area contributed by atoms with E-state index in [1.165, 1.54) is 22.5 Å². The van der Waals surface area contributed by atoms with Gasteiger partial charge in [0.2, 0.25) is 0 Å². The second-order valence-electron chi connectivity index (χ2n) is 8.19. The number of rotatable bonds is 6. The van der Waals surface area contributed by atoms with Crippen molar-refractivity contribution in [3.05, 3.63) is 119 Å². The fourth-order valence-electron chi connectivity index (χ4n) is 3.77. The fraction of sp³-hybridized carbons (Fsp3) is 0.103. The van der Waals surface area contributed by atoms with Crippen LogP contribution in [0.25, 0.3) is 10.2 Å². The van der Waals surface area contributed by atoms with E-state index < -0.39 is 0 Å². The Kier molecular flexibility index (Phi) is 6.11. The van der Waals surface area contributed by atoms with Gasteiger partial charge >= 0.3 is 0 Å². The van der Waals surface area contributed by atoms with Crippen molar-refractivity contribution in [2.24, 2.45) is 0 Å². The number of aryl methyl sites for hydroxylation is 2. The quantitative estimate of drug-likeness (QED) is 0.260. The first-order valence-corrected chi connectivity index (χ1v) is 12.0. The zero-order valence-corrected chi connectivity index (χ0v) is 19.9. The molecule has 4 aromatic carbocycles. The van der Waals surface area contributed by atoms with Gasteiger partial charge in [0.15, 0.2) is 5.13 Å². The van der Waals surface area contributed by atoms with Gasteiger partial charge in [0, 0.05) is 0 Å². The molecular weight excluding hydrogens is 440 g/mol. The molecule has 5 aromatic rings. The standard InChI is InChI=1S/C29H24N2O2S/c1-20-17-25-27(18-21(20)2)34-29(30-25)31(19-22-11-5-3-6-12-22)28(32)24-15-9-10-16-26(24)33-23-13-7-4-8-14-23/h3-18H,19H2,1-2H3. The first-order valence-electron chi connectivity index (χ1n) is 11.1. The zero-order valence-electron chi connectivity index (χ0n) is 19.1. The molecule has 0 bridgehead atoms. The molecule has 0 aliphatic rings. The Morgan fingerprint density at radius 1 is 0.853 bits per heavy atom. The SMILES string of the molecule is Cc1cc2nc(N(Cc3ccccc3)C(=O)c3ccccc3Oc3ccccc3)sc2cc1C. The van der Waals surface area contributed by atoms with Gasteiger partial charge in [-0.05, 0) is 66.9 Å². The van der Waals surface area contributed by atoms with E-state index in [1.807, 2.05) is 78.9 Å². The molecule has 0 unspecified atom stereocenters. The van der Waals surface area contributed by atoms with E-state index in [0.717, 1.165) is 15.8 Å². The first kappa shape index (κ1) is 21.9. The number of benzene rings is 4. The molecule has 0 atom stereocenters. The molecule has 5 heteroatoms. The molecule has 0 saturated heterocycles. The third-order valence-corrected chi connectivity index (χ3v) is 6.78. The number of carbonyl (C=O) groups excluding carboxylic acids is 1. The summed E-state index contributed by atoms with van der Waals surface area (Å²) in [7, 11) is 0. The van der Waals surface area contributed by atoms with Crippen LogP contribution < -0.4 is 9.64 Å². The average Bonchev–Trinajstić information content (AvgIpc) is 3.26. The highest BCUT2D eigenvalue weighted by Gasteiger charge is 2.25. The van der Waals surface area contributed by atoms with Crippen LogP contribution in [0.15, 0.2) is 97.1 Å². The Morgan fingerprint density at radius 2 is 1.50 bits per heavy atom. The molecule has 0 aliphatic heterocycles. The molecule has 168 valence electrons. The van der Waals surface area contributed by atoms with Crippen LogP contribution in [0, 0.1) is 13.8 Å². The van der Waals surface area contributed by atoms with Crippen molar-refractivity contribution >= 4 is 32.6 Å². The third kappa shape index (κ3) is 4.56. The minimum absolute atomic E-state index is 0.150. The summed E-state index contributed by atoms with van der Waals surface area (Å²) in [5, 5.41) is 0.670. The summed E-state index contributed by atoms with van der Waals surface area (Å²) >= 11 is 1.53. The van der Waals surface area contributed by atoms with Crippen molar-refractivity contribution < 1.29 is 9.53 Å². The van der Waals surface area contributed by atoms with Gasteiger partial charge in [-0.3, -0.25) is 9.69 Å². The number of ether oxygens (including phenoxy) is 1. The summed E-state index contributed by atoms with van der Waals surface area (Å²) in [5.74, 6) is 1.05. The summed E-state index contributed by atoms with van der Waals surface area (Å²) in [6.45, 7) is 4.59. The topological polar surface area (TPSA) is 42.4 Å². The Bertz CT molecular complexity index is 1410. The first-order chi connectivity index (χ1) is 16.6. The smallest absolute Gasteiger partial charge is 0.264 e. The molecular formula is C29H24N2O2S. The highest BCUT2D eigenvalue weighted by atomic mass is 32.1. The minimum Gasteiger partial charge on any atom is -0.457 e. The molecule has 0 saturated carbocycles. The maximum atomic E-state index is 14.0. The number of nitrogens with zero attached hydrogens (tertiary/aromatic N) is 2. The molecule has 4 nitrogen and oxygen atoms in total. The van der Waals surface area contributed by atoms with E-state index in [9.17, 15) is 4.79 Å². The van der Waals surface area contributed by atoms with E-state index in [-0.39, 0.29) is 5.91 Å². The van der Waals surface area contributed by atoms with Gasteiger partial charge < -0.3 is 4.74 Å². The number of para-hydroxylation sites is 2. The molecule has 0 aliphatic carbocycles. The maximum Gasteiger partial charge on any atom is 0.264 e. The zero-order chi connectivity index (χ0) is 23.5. The third-order valence-electron chi connectivity index (χ3n) is 5.74. The fourth-order valence-corrected chi connectivity index (χ4v) is 4.81. The van der Waals surface area contributed by atoms with Crippen molar-refractivity contribution in [1.29, 1.82) is 0 Å². The predicted molar refractivity (Wildman–Crippen MR) is 139 cm³/mol. The number of amides is 1. The van der Waals surface area contributed by atoms with Crippen LogP contribution in [0.3, 0.4) is 0 Å². The molecule has 0 spiro atoms. The molecule has 1 amide bonds. The van der Waals surface area contributed by atoms with E-state index in [2.05, 4.69) is 26.0 Å². The molecule has 1 heterocycles. The molecule has 34 heavy (non-hydrogen) atoms. The molecule has 0 N–H and O–H groups in total. The van der Waals surface area contributed by atoms with Crippen LogP contribution in [0.2, 0.25) is 0 Å². The Hall–Kier alpha value is -3.96. The van der Waals surface area contributed by atoms with Crippen LogP contribution in [-0.4, -0.2) is 10.9 Å². The average molecular weight is 465 g/mol. The van der Waals surface area contributed by atoms with Gasteiger partial charge in [0.1, 0.15) is 11.5 Å². The maximum absolute atomic E-state index is 14.0. The number of anilines is 1. The van der Waals surface area contributed by atoms with E-state index >= 15 is 0 Å². The lowest BCUT2D eigenvalue weighted by Crippen LogP contribution is -2.30. The van der Waals surface area contributed by atoms with Crippen molar-refractivity contribution in [3.63, 3.8) is 0 Å². The number of carbonyl (C=O) groups is 1. The summed E-state index contributed by atoms with van der Waals surface area (Å²) in [5.41, 5.74) is 4.83. The van der Waals surface area contributed by atoms with Gasteiger partial charge in [0.25, 0.3) is 5.91 Å². The normalized spacial score (nSPS) is 10.9. The van der Waals surface area contributed by atoms with Crippen molar-refractivity contribution in [1.82, 2.24) is 4.98 Å². The lowest BCUT2D eigenvalue weighted by molar-refractivity contribution is 0.0983. The summed E-state index contributed by atoms with van der Waals surface area (Å²) in [6.07, 6.45) is 0. The Labute approximate surface area is 203 Å². The van der Waals surface area contributed by atoms with Crippen LogP contribution in [0.5, 0.6) is 11.5 Å². The van der Waals surface area contributed by atoms with Crippen LogP contribution in [-0.2, 0) is 6.54 Å². The summed E-state index contributed by atoms with van der Waals surface area (Å²) in [6, 6.07) is 31.1. The van der Waals surface area contributed by atoms with Gasteiger partial charge in [-0.1, -0.05) is 72.0 Å². The lowest BCUT2D eigenvalue weighted by atomic mass is 10.1. The summed E-state index contributed by atoms with van der Waals surface area (Å²) < 4.78 is 7.16. The number of aromatic nitrogens is 1. The van der Waals surface area contributed by atoms with Gasteiger partial charge in [0.05, 0.1) is 22.3 Å². The number of fused-ring (bicyclic) bond motifs is 1. The second kappa shape index (κ2) is 9.49. The Balaban J connectivity index is 1.57. The van der Waals surface area contributed by atoms with Crippen molar-refractivity contribution in [2.75, 3.05) is 4.90 Å². The van der Waals surface area contributed by atoms with E-state index in [1.54, 1.807) is 11.0 Å². The minimum atomic E-state index is -0.150. The highest BCUT2D eigenvalue weighted by molar-refractivity contribution is 7.22. The van der Waals surface area contributed by atoms with Crippen molar-refractivity contribution in [3.8, 4) is 11.5 Å². The molecule has 1 aromatic heterocycles. The summed E-state index contributed by atoms with van der Waals surface area (Å²) in [4.78, 5) is 20.6. The number of hydrogen-bond donors (Lipinski definition) is 0. The van der Waals surface area contributed by atoms with Gasteiger partial charge in [-0.2, -0.15) is 0 Å². The monoisotopic (exact) mass is 464 g/mol. The number of thiazole rings is 1. The predicted octanol–water partition coefficient (Wildman–Crippen LogP) is 7.55. The van der Waals surface area contributed by atoms with Crippen LogP contribution >= 0.6 is 11.3 Å². The van der Waals surface area contributed by atoms with E-state index in [4.69, 9.17) is 9.72 Å². The largest absolute Gasteiger partial charge is 0.457 e. The van der Waals surface area contributed by atoms with Gasteiger partial charge in [-0.15, -0.1) is 0 Å². The van der Waals surface area contributed by atoms with Crippen molar-refractivity contribution in [2.45, 2.75) is 20.4 Å². The molecule has 0 radical (unpaired) electrons. The van der Waals surface area contributed by atoms with Crippen LogP contribution in [0.4, 0.5) is 5.13 Å². The molecule has 0 fully saturated rings. The lowest BCUT2D eigenvalue weighted by Gasteiger charge is -2.21. The Morgan fingerprint density at radius 3 is 2.26 bits per heavy atom. The van der Waals surface area contributed by atoms with E-state index in [0.29, 0.717) is 28.7 Å². The number of hydrogen-bond acceptors (Lipinski definition) is 4. The highest BCUT2D eigenvalue weighted by Crippen LogP contribution is 2.34. The van der Waals surface area contributed by atoms with Crippen LogP contribution in [0.1, 0.15) is 27.0 Å². The second-order valence-corrected chi connectivity index (χ2v) is 9.20.